The summed E-state index contributed by atoms with van der Waals surface area (Å²) in [7, 11) is 0. The van der Waals surface area contributed by atoms with E-state index in [9.17, 15) is 4.79 Å². The molecule has 1 aliphatic carbocycles. The number of benzene rings is 1. The number of nitrogens with zero attached hydrogens (tertiary/aromatic N) is 1. The van der Waals surface area contributed by atoms with Crippen LogP contribution in [0.25, 0.3) is 0 Å². The molecule has 0 spiro atoms. The highest BCUT2D eigenvalue weighted by atomic mass is 16.2. The lowest BCUT2D eigenvalue weighted by Crippen LogP contribution is -2.46. The molecule has 1 saturated carbocycles. The molecule has 3 heteroatoms. The van der Waals surface area contributed by atoms with Crippen LogP contribution >= 0.6 is 0 Å². The molecule has 2 rings (SSSR count). The van der Waals surface area contributed by atoms with E-state index >= 15 is 0 Å². The van der Waals surface area contributed by atoms with Crippen molar-refractivity contribution in [1.29, 1.82) is 0 Å². The first kappa shape index (κ1) is 13.1. The van der Waals surface area contributed by atoms with Crippen LogP contribution in [0.5, 0.6) is 0 Å². The summed E-state index contributed by atoms with van der Waals surface area (Å²) >= 11 is 0. The zero-order valence-corrected chi connectivity index (χ0v) is 11.2. The van der Waals surface area contributed by atoms with Crippen LogP contribution in [-0.4, -0.2) is 22.9 Å². The number of carbonyl (C=O) groups is 1. The summed E-state index contributed by atoms with van der Waals surface area (Å²) in [6.45, 7) is 4.57. The van der Waals surface area contributed by atoms with Gasteiger partial charge in [-0.3, -0.25) is 4.79 Å². The molecule has 2 atom stereocenters. The van der Waals surface area contributed by atoms with Gasteiger partial charge in [0.05, 0.1) is 6.04 Å². The van der Waals surface area contributed by atoms with Gasteiger partial charge in [-0.25, -0.2) is 0 Å². The van der Waals surface area contributed by atoms with Crippen LogP contribution in [0.15, 0.2) is 30.3 Å². The van der Waals surface area contributed by atoms with Gasteiger partial charge in [-0.05, 0) is 38.2 Å². The monoisotopic (exact) mass is 246 g/mol. The first-order valence-electron chi connectivity index (χ1n) is 6.69. The van der Waals surface area contributed by atoms with E-state index in [4.69, 9.17) is 5.73 Å². The van der Waals surface area contributed by atoms with Crippen molar-refractivity contribution in [2.24, 2.45) is 11.7 Å². The average Bonchev–Trinajstić information content (AvgIpc) is 3.19. The number of nitrogens with two attached hydrogens (primary N) is 1. The predicted octanol–water partition coefficient (Wildman–Crippen LogP) is 2.16. The fraction of sp³-hybridized carbons (Fsp3) is 0.533. The summed E-state index contributed by atoms with van der Waals surface area (Å²) in [5.74, 6) is 0.717. The van der Waals surface area contributed by atoms with Crippen LogP contribution in [0.3, 0.4) is 0 Å². The SMILES string of the molecule is CC(N)C(=O)N(Cc1ccccc1)C(C)C1CC1. The van der Waals surface area contributed by atoms with Crippen LogP contribution in [0.2, 0.25) is 0 Å². The Labute approximate surface area is 109 Å². The van der Waals surface area contributed by atoms with E-state index in [0.29, 0.717) is 18.5 Å². The Balaban J connectivity index is 2.11. The van der Waals surface area contributed by atoms with Gasteiger partial charge in [-0.2, -0.15) is 0 Å². The maximum atomic E-state index is 12.2. The molecule has 1 fully saturated rings. The van der Waals surface area contributed by atoms with E-state index in [1.54, 1.807) is 6.92 Å². The fourth-order valence-corrected chi connectivity index (χ4v) is 2.30. The molecule has 0 aromatic heterocycles. The summed E-state index contributed by atoms with van der Waals surface area (Å²) in [5.41, 5.74) is 6.92. The number of amides is 1. The molecule has 1 amide bonds. The molecule has 98 valence electrons. The van der Waals surface area contributed by atoms with Gasteiger partial charge >= 0.3 is 0 Å². The van der Waals surface area contributed by atoms with Crippen LogP contribution in [0, 0.1) is 5.92 Å². The average molecular weight is 246 g/mol. The maximum Gasteiger partial charge on any atom is 0.239 e. The Morgan fingerprint density at radius 1 is 1.33 bits per heavy atom. The minimum atomic E-state index is -0.421. The van der Waals surface area contributed by atoms with E-state index < -0.39 is 6.04 Å². The molecule has 0 bridgehead atoms. The second-order valence-corrected chi connectivity index (χ2v) is 5.32. The number of hydrogen-bond donors (Lipinski definition) is 1. The zero-order valence-electron chi connectivity index (χ0n) is 11.2. The minimum Gasteiger partial charge on any atom is -0.334 e. The topological polar surface area (TPSA) is 46.3 Å². The Bertz CT molecular complexity index is 398. The van der Waals surface area contributed by atoms with Gasteiger partial charge in [-0.15, -0.1) is 0 Å². The Hall–Kier alpha value is -1.35. The van der Waals surface area contributed by atoms with Gasteiger partial charge in [0.15, 0.2) is 0 Å². The van der Waals surface area contributed by atoms with Gasteiger partial charge in [0.1, 0.15) is 0 Å². The van der Waals surface area contributed by atoms with Gasteiger partial charge < -0.3 is 10.6 Å². The molecule has 0 aliphatic heterocycles. The van der Waals surface area contributed by atoms with Crippen LogP contribution in [0.1, 0.15) is 32.3 Å². The highest BCUT2D eigenvalue weighted by Crippen LogP contribution is 2.35. The smallest absolute Gasteiger partial charge is 0.239 e. The molecule has 1 aromatic rings. The third-order valence-corrected chi connectivity index (χ3v) is 3.66. The molecule has 3 nitrogen and oxygen atoms in total. The van der Waals surface area contributed by atoms with Gasteiger partial charge in [0.2, 0.25) is 5.91 Å². The highest BCUT2D eigenvalue weighted by Gasteiger charge is 2.34. The van der Waals surface area contributed by atoms with Crippen LogP contribution < -0.4 is 5.73 Å². The molecule has 2 N–H and O–H groups in total. The molecule has 2 unspecified atom stereocenters. The fourth-order valence-electron chi connectivity index (χ4n) is 2.30. The molecule has 18 heavy (non-hydrogen) atoms. The minimum absolute atomic E-state index is 0.0539. The lowest BCUT2D eigenvalue weighted by molar-refractivity contribution is -0.135. The second-order valence-electron chi connectivity index (χ2n) is 5.32. The third kappa shape index (κ3) is 3.10. The maximum absolute atomic E-state index is 12.2. The van der Waals surface area contributed by atoms with Gasteiger partial charge in [0, 0.05) is 12.6 Å². The van der Waals surface area contributed by atoms with Crippen molar-refractivity contribution < 1.29 is 4.79 Å². The lowest BCUT2D eigenvalue weighted by atomic mass is 10.1. The zero-order chi connectivity index (χ0) is 13.1. The number of rotatable bonds is 5. The molecule has 1 aliphatic rings. The van der Waals surface area contributed by atoms with Crippen molar-refractivity contribution in [2.45, 2.75) is 45.3 Å². The number of hydrogen-bond acceptors (Lipinski definition) is 2. The molecular weight excluding hydrogens is 224 g/mol. The third-order valence-electron chi connectivity index (χ3n) is 3.66. The van der Waals surface area contributed by atoms with Crippen LogP contribution in [0.4, 0.5) is 0 Å². The Morgan fingerprint density at radius 2 is 1.94 bits per heavy atom. The highest BCUT2D eigenvalue weighted by molar-refractivity contribution is 5.81. The van der Waals surface area contributed by atoms with Crippen molar-refractivity contribution in [3.63, 3.8) is 0 Å². The largest absolute Gasteiger partial charge is 0.334 e. The quantitative estimate of drug-likeness (QED) is 0.865. The molecule has 1 aromatic carbocycles. The van der Waals surface area contributed by atoms with Crippen molar-refractivity contribution >= 4 is 5.91 Å². The molecular formula is C15H22N2O. The van der Waals surface area contributed by atoms with E-state index in [-0.39, 0.29) is 5.91 Å². The molecule has 0 radical (unpaired) electrons. The summed E-state index contributed by atoms with van der Waals surface area (Å²) < 4.78 is 0. The van der Waals surface area contributed by atoms with Crippen molar-refractivity contribution in [1.82, 2.24) is 4.90 Å². The first-order valence-corrected chi connectivity index (χ1v) is 6.69. The summed E-state index contributed by atoms with van der Waals surface area (Å²) in [5, 5.41) is 0. The molecule has 0 saturated heterocycles. The van der Waals surface area contributed by atoms with Gasteiger partial charge in [0.25, 0.3) is 0 Å². The Kier molecular flexibility index (Phi) is 4.02. The van der Waals surface area contributed by atoms with E-state index in [1.807, 2.05) is 23.1 Å². The first-order chi connectivity index (χ1) is 8.59. The summed E-state index contributed by atoms with van der Waals surface area (Å²) in [4.78, 5) is 14.2. The lowest BCUT2D eigenvalue weighted by Gasteiger charge is -2.31. The van der Waals surface area contributed by atoms with E-state index in [2.05, 4.69) is 19.1 Å². The normalized spacial score (nSPS) is 18.2. The van der Waals surface area contributed by atoms with Crippen molar-refractivity contribution in [3.05, 3.63) is 35.9 Å². The van der Waals surface area contributed by atoms with E-state index in [0.717, 1.165) is 0 Å². The van der Waals surface area contributed by atoms with Crippen molar-refractivity contribution in [3.8, 4) is 0 Å². The number of carbonyl (C=O) groups excluding carboxylic acids is 1. The summed E-state index contributed by atoms with van der Waals surface area (Å²) in [6.07, 6.45) is 2.47. The summed E-state index contributed by atoms with van der Waals surface area (Å²) in [6, 6.07) is 9.99. The molecule has 0 heterocycles. The Morgan fingerprint density at radius 3 is 2.44 bits per heavy atom. The van der Waals surface area contributed by atoms with E-state index in [1.165, 1.54) is 18.4 Å². The second kappa shape index (κ2) is 5.53. The van der Waals surface area contributed by atoms with Gasteiger partial charge in [-0.1, -0.05) is 30.3 Å². The standard InChI is InChI=1S/C15H22N2O/c1-11(16)15(18)17(12(2)14-8-9-14)10-13-6-4-3-5-7-13/h3-7,11-12,14H,8-10,16H2,1-2H3. The van der Waals surface area contributed by atoms with Crippen molar-refractivity contribution in [2.75, 3.05) is 0 Å². The predicted molar refractivity (Wildman–Crippen MR) is 72.8 cm³/mol. The van der Waals surface area contributed by atoms with Crippen LogP contribution in [-0.2, 0) is 11.3 Å².